The monoisotopic (exact) mass is 346 g/mol. The first kappa shape index (κ1) is 16.4. The third-order valence-electron chi connectivity index (χ3n) is 2.21. The van der Waals surface area contributed by atoms with E-state index in [1.54, 1.807) is 0 Å². The van der Waals surface area contributed by atoms with Crippen molar-refractivity contribution in [3.8, 4) is 0 Å². The fourth-order valence-electron chi connectivity index (χ4n) is 1.22. The molecule has 1 aromatic carbocycles. The summed E-state index contributed by atoms with van der Waals surface area (Å²) in [7, 11) is -6.19. The Balaban J connectivity index is 3.04. The average molecular weight is 347 g/mol. The van der Waals surface area contributed by atoms with Crippen molar-refractivity contribution in [3.05, 3.63) is 24.3 Å². The van der Waals surface area contributed by atoms with Crippen molar-refractivity contribution in [1.82, 2.24) is 0 Å². The maximum Gasteiger partial charge on any atom is 0.233 e. The largest absolute Gasteiger partial charge is 0.233 e. The molecule has 0 saturated carbocycles. The summed E-state index contributed by atoms with van der Waals surface area (Å²) in [5, 5.41) is 0. The van der Waals surface area contributed by atoms with Crippen LogP contribution in [-0.2, 0) is 28.7 Å². The maximum absolute atomic E-state index is 11.8. The molecule has 0 saturated heterocycles. The van der Waals surface area contributed by atoms with Crippen molar-refractivity contribution in [2.45, 2.75) is 9.79 Å². The van der Waals surface area contributed by atoms with Gasteiger partial charge in [-0.2, -0.15) is 0 Å². The van der Waals surface area contributed by atoms with Crippen LogP contribution in [0.4, 0.5) is 0 Å². The number of benzene rings is 1. The Morgan fingerprint density at radius 1 is 0.842 bits per heavy atom. The zero-order chi connectivity index (χ0) is 14.9. The average Bonchev–Trinajstić information content (AvgIpc) is 2.25. The molecule has 0 aliphatic heterocycles. The van der Waals surface area contributed by atoms with Gasteiger partial charge in [0, 0.05) is 16.9 Å². The van der Waals surface area contributed by atoms with Gasteiger partial charge in [-0.1, -0.05) is 0 Å². The molecule has 0 heterocycles. The minimum absolute atomic E-state index is 0.0172. The second-order valence-corrected chi connectivity index (χ2v) is 10.8. The number of hydrogen-bond acceptors (Lipinski definition) is 6. The van der Waals surface area contributed by atoms with E-state index in [-0.39, 0.29) is 9.79 Å². The number of rotatable bonds is 5. The fourth-order valence-corrected chi connectivity index (χ4v) is 4.88. The summed E-state index contributed by atoms with van der Waals surface area (Å²) in [6, 6.07) is 4.54. The predicted octanol–water partition coefficient (Wildman–Crippen LogP) is 0.432. The fraction of sp³-hybridized carbons (Fsp3) is 0.333. The van der Waals surface area contributed by atoms with E-state index in [0.29, 0.717) is 0 Å². The Bertz CT molecular complexity index is 760. The number of halogens is 1. The van der Waals surface area contributed by atoms with Crippen LogP contribution in [0, 0.1) is 0 Å². The van der Waals surface area contributed by atoms with E-state index in [0.717, 1.165) is 30.5 Å². The Labute approximate surface area is 116 Å². The van der Waals surface area contributed by atoms with Gasteiger partial charge in [0.2, 0.25) is 9.05 Å². The normalized spacial score (nSPS) is 13.4. The second-order valence-electron chi connectivity index (χ2n) is 3.81. The summed E-state index contributed by atoms with van der Waals surface area (Å²) in [6.07, 6.45) is 0.997. The molecule has 108 valence electrons. The van der Waals surface area contributed by atoms with Crippen LogP contribution in [0.15, 0.2) is 34.1 Å². The van der Waals surface area contributed by atoms with E-state index in [1.807, 2.05) is 0 Å². The second kappa shape index (κ2) is 5.39. The molecule has 0 aliphatic rings. The molecule has 0 N–H and O–H groups in total. The molecule has 1 rings (SSSR count). The Kier molecular flexibility index (Phi) is 4.66. The molecule has 1 aromatic rings. The molecule has 0 amide bonds. The predicted molar refractivity (Wildman–Crippen MR) is 71.2 cm³/mol. The van der Waals surface area contributed by atoms with E-state index in [9.17, 15) is 25.3 Å². The lowest BCUT2D eigenvalue weighted by Crippen LogP contribution is -2.14. The molecular formula is C9H11ClO6S3. The van der Waals surface area contributed by atoms with Crippen LogP contribution in [0.5, 0.6) is 0 Å². The molecule has 10 heteroatoms. The van der Waals surface area contributed by atoms with Gasteiger partial charge in [0.1, 0.15) is 0 Å². The molecule has 0 aromatic heterocycles. The minimum Gasteiger partial charge on any atom is -0.224 e. The highest BCUT2D eigenvalue weighted by atomic mass is 35.7. The van der Waals surface area contributed by atoms with Crippen molar-refractivity contribution >= 4 is 39.4 Å². The van der Waals surface area contributed by atoms with Crippen LogP contribution in [0.25, 0.3) is 0 Å². The summed E-state index contributed by atoms with van der Waals surface area (Å²) in [5.74, 6) is -1.36. The van der Waals surface area contributed by atoms with Crippen LogP contribution in [0.2, 0.25) is 0 Å². The first-order chi connectivity index (χ1) is 8.42. The van der Waals surface area contributed by atoms with Crippen LogP contribution in [0.1, 0.15) is 0 Å². The quantitative estimate of drug-likeness (QED) is 0.716. The standard InChI is InChI=1S/C9H11ClO6S3/c1-17(11,12)8-2-4-9(5-3-8)18(13,14)6-7-19(10,15)16/h2-5H,6-7H2,1H3. The smallest absolute Gasteiger partial charge is 0.224 e. The summed E-state index contributed by atoms with van der Waals surface area (Å²) in [5.41, 5.74) is 0. The first-order valence-electron chi connectivity index (χ1n) is 4.87. The Morgan fingerprint density at radius 2 is 1.26 bits per heavy atom. The van der Waals surface area contributed by atoms with E-state index in [4.69, 9.17) is 10.7 Å². The lowest BCUT2D eigenvalue weighted by Gasteiger charge is -2.04. The SMILES string of the molecule is CS(=O)(=O)c1ccc(S(=O)(=O)CCS(=O)(=O)Cl)cc1. The lowest BCUT2D eigenvalue weighted by molar-refractivity contribution is 0.592. The third-order valence-corrected chi connectivity index (χ3v) is 6.48. The first-order valence-corrected chi connectivity index (χ1v) is 10.9. The summed E-state index contributed by atoms with van der Waals surface area (Å²) >= 11 is 0. The highest BCUT2D eigenvalue weighted by Gasteiger charge is 2.19. The molecule has 0 aliphatic carbocycles. The summed E-state index contributed by atoms with van der Waals surface area (Å²) in [6.45, 7) is 0. The van der Waals surface area contributed by atoms with Gasteiger partial charge >= 0.3 is 0 Å². The third kappa shape index (κ3) is 5.09. The van der Waals surface area contributed by atoms with Crippen LogP contribution >= 0.6 is 10.7 Å². The molecular weight excluding hydrogens is 336 g/mol. The highest BCUT2D eigenvalue weighted by molar-refractivity contribution is 8.14. The van der Waals surface area contributed by atoms with Gasteiger partial charge in [0.25, 0.3) is 0 Å². The van der Waals surface area contributed by atoms with Gasteiger partial charge in [-0.05, 0) is 24.3 Å². The minimum atomic E-state index is -3.90. The van der Waals surface area contributed by atoms with Crippen molar-refractivity contribution in [3.63, 3.8) is 0 Å². The van der Waals surface area contributed by atoms with Crippen LogP contribution in [0.3, 0.4) is 0 Å². The number of hydrogen-bond donors (Lipinski definition) is 0. The molecule has 0 spiro atoms. The van der Waals surface area contributed by atoms with Crippen LogP contribution in [-0.4, -0.2) is 43.0 Å². The summed E-state index contributed by atoms with van der Waals surface area (Å²) in [4.78, 5) is -0.170. The molecule has 6 nitrogen and oxygen atoms in total. The molecule has 0 bridgehead atoms. The van der Waals surface area contributed by atoms with Gasteiger partial charge < -0.3 is 0 Å². The van der Waals surface area contributed by atoms with Gasteiger partial charge in [0.15, 0.2) is 19.7 Å². The van der Waals surface area contributed by atoms with Crippen molar-refractivity contribution in [2.24, 2.45) is 0 Å². The van der Waals surface area contributed by atoms with Crippen molar-refractivity contribution < 1.29 is 25.3 Å². The van der Waals surface area contributed by atoms with Crippen molar-refractivity contribution in [2.75, 3.05) is 17.8 Å². The van der Waals surface area contributed by atoms with Gasteiger partial charge in [-0.15, -0.1) is 0 Å². The number of sulfone groups is 2. The van der Waals surface area contributed by atoms with E-state index >= 15 is 0 Å². The van der Waals surface area contributed by atoms with Crippen molar-refractivity contribution in [1.29, 1.82) is 0 Å². The topological polar surface area (TPSA) is 102 Å². The van der Waals surface area contributed by atoms with E-state index in [1.165, 1.54) is 0 Å². The highest BCUT2D eigenvalue weighted by Crippen LogP contribution is 2.16. The molecule has 0 unspecified atom stereocenters. The molecule has 19 heavy (non-hydrogen) atoms. The molecule has 0 atom stereocenters. The Hall–Kier alpha value is -0.640. The van der Waals surface area contributed by atoms with Gasteiger partial charge in [-0.25, -0.2) is 25.3 Å². The van der Waals surface area contributed by atoms with Crippen LogP contribution < -0.4 is 0 Å². The Morgan fingerprint density at radius 3 is 1.63 bits per heavy atom. The zero-order valence-electron chi connectivity index (χ0n) is 9.78. The van der Waals surface area contributed by atoms with E-state index in [2.05, 4.69) is 0 Å². The zero-order valence-corrected chi connectivity index (χ0v) is 13.0. The lowest BCUT2D eigenvalue weighted by atomic mass is 10.4. The maximum atomic E-state index is 11.8. The van der Waals surface area contributed by atoms with Gasteiger partial charge in [0.05, 0.1) is 21.3 Å². The van der Waals surface area contributed by atoms with E-state index < -0.39 is 40.2 Å². The van der Waals surface area contributed by atoms with Gasteiger partial charge in [-0.3, -0.25) is 0 Å². The molecule has 0 fully saturated rings. The summed E-state index contributed by atoms with van der Waals surface area (Å²) < 4.78 is 67.4. The molecule has 0 radical (unpaired) electrons.